The molecule has 1 aromatic carbocycles. The number of carbonyl (C=O) groups is 1. The monoisotopic (exact) mass is 349 g/mol. The Morgan fingerprint density at radius 1 is 1.17 bits per heavy atom. The zero-order chi connectivity index (χ0) is 17.4. The third-order valence-corrected chi connectivity index (χ3v) is 4.78. The first-order valence-electron chi connectivity index (χ1n) is 7.33. The first-order valence-corrected chi connectivity index (χ1v) is 9.15. The summed E-state index contributed by atoms with van der Waals surface area (Å²) in [4.78, 5) is 15.6. The van der Waals surface area contributed by atoms with Gasteiger partial charge in [-0.2, -0.15) is 0 Å². The fourth-order valence-corrected chi connectivity index (χ4v) is 2.83. The summed E-state index contributed by atoms with van der Waals surface area (Å²) in [5.41, 5.74) is 6.56. The van der Waals surface area contributed by atoms with Crippen molar-refractivity contribution in [2.24, 2.45) is 0 Å². The van der Waals surface area contributed by atoms with Gasteiger partial charge in [0, 0.05) is 24.6 Å². The van der Waals surface area contributed by atoms with Crippen molar-refractivity contribution in [3.63, 3.8) is 0 Å². The minimum atomic E-state index is -3.32. The fourth-order valence-electron chi connectivity index (χ4n) is 1.87. The lowest BCUT2D eigenvalue weighted by Crippen LogP contribution is -2.30. The number of anilines is 1. The molecule has 7 nitrogen and oxygen atoms in total. The number of sulfone groups is 1. The fraction of sp³-hybridized carbons (Fsp3) is 0.250. The Labute approximate surface area is 140 Å². The van der Waals surface area contributed by atoms with Crippen molar-refractivity contribution in [1.82, 2.24) is 10.3 Å². The van der Waals surface area contributed by atoms with Gasteiger partial charge < -0.3 is 15.8 Å². The number of carbonyl (C=O) groups excluding carboxylic acids is 1. The number of amides is 1. The average molecular weight is 349 g/mol. The molecule has 0 aliphatic heterocycles. The molecule has 8 heteroatoms. The number of nitrogen functional groups attached to an aromatic ring is 1. The second-order valence-corrected chi connectivity index (χ2v) is 7.37. The summed E-state index contributed by atoms with van der Waals surface area (Å²) < 4.78 is 29.2. The number of nitrogens with zero attached hydrogens (tertiary/aromatic N) is 1. The number of ether oxygens (including phenoxy) is 1. The van der Waals surface area contributed by atoms with Gasteiger partial charge in [-0.25, -0.2) is 8.42 Å². The van der Waals surface area contributed by atoms with Crippen molar-refractivity contribution in [2.45, 2.75) is 0 Å². The first kappa shape index (κ1) is 17.7. The van der Waals surface area contributed by atoms with Gasteiger partial charge in [-0.15, -0.1) is 0 Å². The van der Waals surface area contributed by atoms with Crippen LogP contribution in [0.4, 0.5) is 5.69 Å². The minimum Gasteiger partial charge on any atom is -0.493 e. The lowest BCUT2D eigenvalue weighted by molar-refractivity contribution is 0.0956. The molecule has 0 saturated heterocycles. The summed E-state index contributed by atoms with van der Waals surface area (Å²) in [5, 5.41) is 2.56. The third kappa shape index (κ3) is 5.88. The third-order valence-electron chi connectivity index (χ3n) is 3.17. The molecule has 0 fully saturated rings. The van der Waals surface area contributed by atoms with Gasteiger partial charge in [-0.3, -0.25) is 9.78 Å². The molecule has 2 aromatic rings. The van der Waals surface area contributed by atoms with E-state index < -0.39 is 9.84 Å². The highest BCUT2D eigenvalue weighted by Crippen LogP contribution is 2.12. The normalized spacial score (nSPS) is 11.0. The lowest BCUT2D eigenvalue weighted by Gasteiger charge is -2.08. The summed E-state index contributed by atoms with van der Waals surface area (Å²) in [5.74, 6) is -0.0646. The van der Waals surface area contributed by atoms with E-state index in [9.17, 15) is 13.2 Å². The zero-order valence-electron chi connectivity index (χ0n) is 13.0. The first-order chi connectivity index (χ1) is 11.5. The van der Waals surface area contributed by atoms with Gasteiger partial charge in [0.2, 0.25) is 0 Å². The van der Waals surface area contributed by atoms with E-state index in [1.54, 1.807) is 42.6 Å². The molecule has 1 aromatic heterocycles. The molecule has 0 unspecified atom stereocenters. The predicted octanol–water partition coefficient (Wildman–Crippen LogP) is 0.887. The van der Waals surface area contributed by atoms with Crippen LogP contribution < -0.4 is 15.8 Å². The largest absolute Gasteiger partial charge is 0.493 e. The van der Waals surface area contributed by atoms with Crippen LogP contribution >= 0.6 is 0 Å². The van der Waals surface area contributed by atoms with E-state index in [1.165, 1.54) is 6.20 Å². The van der Waals surface area contributed by atoms with Crippen molar-refractivity contribution >= 4 is 21.4 Å². The van der Waals surface area contributed by atoms with Gasteiger partial charge in [-0.05, 0) is 36.4 Å². The predicted molar refractivity (Wildman–Crippen MR) is 91.6 cm³/mol. The van der Waals surface area contributed by atoms with Crippen LogP contribution in [0.15, 0.2) is 48.8 Å². The van der Waals surface area contributed by atoms with Gasteiger partial charge in [0.1, 0.15) is 12.4 Å². The number of rotatable bonds is 8. The van der Waals surface area contributed by atoms with Crippen molar-refractivity contribution in [3.05, 3.63) is 54.4 Å². The second-order valence-electron chi connectivity index (χ2n) is 5.07. The van der Waals surface area contributed by atoms with Gasteiger partial charge >= 0.3 is 0 Å². The van der Waals surface area contributed by atoms with Gasteiger partial charge in [0.15, 0.2) is 9.84 Å². The maximum atomic E-state index is 11.9. The quantitative estimate of drug-likeness (QED) is 0.685. The molecule has 0 spiro atoms. The molecule has 128 valence electrons. The molecule has 0 aliphatic carbocycles. The highest BCUT2D eigenvalue weighted by molar-refractivity contribution is 7.91. The van der Waals surface area contributed by atoms with Crippen LogP contribution in [0.1, 0.15) is 10.4 Å². The van der Waals surface area contributed by atoms with E-state index in [2.05, 4.69) is 10.3 Å². The zero-order valence-corrected chi connectivity index (χ0v) is 13.8. The van der Waals surface area contributed by atoms with Crippen LogP contribution in [0.5, 0.6) is 5.75 Å². The Morgan fingerprint density at radius 2 is 1.92 bits per heavy atom. The lowest BCUT2D eigenvalue weighted by atomic mass is 10.3. The van der Waals surface area contributed by atoms with Gasteiger partial charge in [-0.1, -0.05) is 0 Å². The van der Waals surface area contributed by atoms with E-state index in [-0.39, 0.29) is 30.6 Å². The van der Waals surface area contributed by atoms with Crippen LogP contribution in [-0.4, -0.2) is 44.0 Å². The number of pyridine rings is 1. The smallest absolute Gasteiger partial charge is 0.252 e. The molecule has 0 aliphatic rings. The van der Waals surface area contributed by atoms with E-state index in [4.69, 9.17) is 10.5 Å². The van der Waals surface area contributed by atoms with Gasteiger partial charge in [0.05, 0.1) is 17.1 Å². The maximum absolute atomic E-state index is 11.9. The SMILES string of the molecule is Nc1ccc(OCCS(=O)(=O)CCNC(=O)c2cccnc2)cc1. The molecule has 0 atom stereocenters. The van der Waals surface area contributed by atoms with Crippen molar-refractivity contribution in [2.75, 3.05) is 30.4 Å². The summed E-state index contributed by atoms with van der Waals surface area (Å²) >= 11 is 0. The Balaban J connectivity index is 1.71. The Bertz CT molecular complexity index is 762. The summed E-state index contributed by atoms with van der Waals surface area (Å²) in [7, 11) is -3.32. The van der Waals surface area contributed by atoms with Crippen molar-refractivity contribution < 1.29 is 17.9 Å². The topological polar surface area (TPSA) is 111 Å². The standard InChI is InChI=1S/C16H19N3O4S/c17-14-3-5-15(6-4-14)23-9-11-24(21,22)10-8-19-16(20)13-2-1-7-18-12-13/h1-7,12H,8-11,17H2,(H,19,20). The molecule has 0 radical (unpaired) electrons. The molecular weight excluding hydrogens is 330 g/mol. The van der Waals surface area contributed by atoms with Crippen LogP contribution in [0.3, 0.4) is 0 Å². The van der Waals surface area contributed by atoms with E-state index >= 15 is 0 Å². The van der Waals surface area contributed by atoms with E-state index in [0.717, 1.165) is 0 Å². The minimum absolute atomic E-state index is 0.0396. The maximum Gasteiger partial charge on any atom is 0.252 e. The highest BCUT2D eigenvalue weighted by Gasteiger charge is 2.12. The summed E-state index contributed by atoms with van der Waals surface area (Å²) in [6.45, 7) is 0.0841. The number of hydrogen-bond acceptors (Lipinski definition) is 6. The Hall–Kier alpha value is -2.61. The Morgan fingerprint density at radius 3 is 2.58 bits per heavy atom. The number of aromatic nitrogens is 1. The molecular formula is C16H19N3O4S. The van der Waals surface area contributed by atoms with Crippen LogP contribution in [0, 0.1) is 0 Å². The number of hydrogen-bond donors (Lipinski definition) is 2. The highest BCUT2D eigenvalue weighted by atomic mass is 32.2. The number of benzene rings is 1. The van der Waals surface area contributed by atoms with Crippen molar-refractivity contribution in [1.29, 1.82) is 0 Å². The van der Waals surface area contributed by atoms with Crippen LogP contribution in [0.2, 0.25) is 0 Å². The van der Waals surface area contributed by atoms with Crippen LogP contribution in [-0.2, 0) is 9.84 Å². The molecule has 24 heavy (non-hydrogen) atoms. The van der Waals surface area contributed by atoms with Gasteiger partial charge in [0.25, 0.3) is 5.91 Å². The summed E-state index contributed by atoms with van der Waals surface area (Å²) in [6, 6.07) is 9.96. The molecule has 2 rings (SSSR count). The second kappa shape index (κ2) is 8.30. The average Bonchev–Trinajstić information content (AvgIpc) is 2.57. The molecule has 3 N–H and O–H groups in total. The van der Waals surface area contributed by atoms with Crippen LogP contribution in [0.25, 0.3) is 0 Å². The number of nitrogens with two attached hydrogens (primary N) is 1. The summed E-state index contributed by atoms with van der Waals surface area (Å²) in [6.07, 6.45) is 2.98. The van der Waals surface area contributed by atoms with Crippen molar-refractivity contribution in [3.8, 4) is 5.75 Å². The number of nitrogens with one attached hydrogen (secondary N) is 1. The molecule has 1 amide bonds. The molecule has 1 heterocycles. The van der Waals surface area contributed by atoms with E-state index in [1.807, 2.05) is 0 Å². The van der Waals surface area contributed by atoms with E-state index in [0.29, 0.717) is 17.0 Å². The molecule has 0 bridgehead atoms. The molecule has 0 saturated carbocycles. The Kier molecular flexibility index (Phi) is 6.14.